The Morgan fingerprint density at radius 2 is 2.12 bits per heavy atom. The molecule has 0 fully saturated rings. The Morgan fingerprint density at radius 1 is 1.31 bits per heavy atom. The van der Waals surface area contributed by atoms with E-state index in [1.165, 1.54) is 6.33 Å². The Balaban J connectivity index is 2.40. The molecular weight excluding hydrogens is 224 g/mol. The molecule has 0 spiro atoms. The van der Waals surface area contributed by atoms with E-state index in [2.05, 4.69) is 22.0 Å². The molecule has 5 heteroatoms. The lowest BCUT2D eigenvalue weighted by molar-refractivity contribution is 0.785. The summed E-state index contributed by atoms with van der Waals surface area (Å²) in [6.45, 7) is 4.03. The van der Waals surface area contributed by atoms with Crippen molar-refractivity contribution in [1.82, 2.24) is 19.7 Å². The van der Waals surface area contributed by atoms with E-state index in [4.69, 9.17) is 11.6 Å². The van der Waals surface area contributed by atoms with Crippen LogP contribution in [0.25, 0.3) is 5.82 Å². The average molecular weight is 237 g/mol. The number of hydrogen-bond donors (Lipinski definition) is 0. The zero-order valence-corrected chi connectivity index (χ0v) is 10.1. The second-order valence-corrected chi connectivity index (χ2v) is 4.03. The van der Waals surface area contributed by atoms with Gasteiger partial charge in [-0.05, 0) is 19.4 Å². The summed E-state index contributed by atoms with van der Waals surface area (Å²) in [4.78, 5) is 8.19. The van der Waals surface area contributed by atoms with Crippen LogP contribution in [0.1, 0.15) is 24.7 Å². The molecule has 2 aromatic heterocycles. The molecule has 4 nitrogen and oxygen atoms in total. The predicted molar refractivity (Wildman–Crippen MR) is 62.9 cm³/mol. The molecule has 0 saturated carbocycles. The topological polar surface area (TPSA) is 43.6 Å². The average Bonchev–Trinajstić information content (AvgIpc) is 2.60. The van der Waals surface area contributed by atoms with Crippen molar-refractivity contribution in [2.24, 2.45) is 0 Å². The zero-order valence-electron chi connectivity index (χ0n) is 9.31. The van der Waals surface area contributed by atoms with E-state index in [9.17, 15) is 0 Å². The second kappa shape index (κ2) is 4.61. The molecule has 0 amide bonds. The van der Waals surface area contributed by atoms with Gasteiger partial charge in [0.25, 0.3) is 0 Å². The minimum atomic E-state index is 0.585. The lowest BCUT2D eigenvalue weighted by Gasteiger charge is -2.01. The largest absolute Gasteiger partial charge is 0.242 e. The highest BCUT2D eigenvalue weighted by Gasteiger charge is 2.08. The van der Waals surface area contributed by atoms with Gasteiger partial charge in [0.15, 0.2) is 5.82 Å². The van der Waals surface area contributed by atoms with Crippen molar-refractivity contribution in [3.05, 3.63) is 35.0 Å². The van der Waals surface area contributed by atoms with Crippen LogP contribution >= 0.6 is 11.6 Å². The summed E-state index contributed by atoms with van der Waals surface area (Å²) < 4.78 is 1.64. The SMILES string of the molecule is CCCc1cc(Cl)n(-c2cc(C)ncn2)n1. The Hall–Kier alpha value is -1.42. The van der Waals surface area contributed by atoms with E-state index in [0.717, 1.165) is 24.2 Å². The quantitative estimate of drug-likeness (QED) is 0.823. The van der Waals surface area contributed by atoms with Crippen molar-refractivity contribution in [1.29, 1.82) is 0 Å². The lowest BCUT2D eigenvalue weighted by Crippen LogP contribution is -2.01. The van der Waals surface area contributed by atoms with Gasteiger partial charge in [0.2, 0.25) is 0 Å². The molecule has 2 heterocycles. The van der Waals surface area contributed by atoms with Gasteiger partial charge in [-0.15, -0.1) is 0 Å². The fourth-order valence-corrected chi connectivity index (χ4v) is 1.75. The molecule has 2 aromatic rings. The Morgan fingerprint density at radius 3 is 2.81 bits per heavy atom. The molecule has 0 aromatic carbocycles. The Labute approximate surface area is 99.3 Å². The summed E-state index contributed by atoms with van der Waals surface area (Å²) in [5, 5.41) is 4.99. The number of aryl methyl sites for hydroxylation is 2. The van der Waals surface area contributed by atoms with Crippen molar-refractivity contribution < 1.29 is 0 Å². The number of nitrogens with zero attached hydrogens (tertiary/aromatic N) is 4. The Kier molecular flexibility index (Phi) is 3.19. The molecule has 0 unspecified atom stereocenters. The second-order valence-electron chi connectivity index (χ2n) is 3.64. The van der Waals surface area contributed by atoms with Gasteiger partial charge in [-0.25, -0.2) is 14.6 Å². The van der Waals surface area contributed by atoms with Crippen LogP contribution in [-0.2, 0) is 6.42 Å². The van der Waals surface area contributed by atoms with Crippen molar-refractivity contribution >= 4 is 11.6 Å². The minimum Gasteiger partial charge on any atom is -0.242 e. The number of halogens is 1. The van der Waals surface area contributed by atoms with Gasteiger partial charge >= 0.3 is 0 Å². The highest BCUT2D eigenvalue weighted by Crippen LogP contribution is 2.16. The molecule has 0 aliphatic carbocycles. The third kappa shape index (κ3) is 2.22. The molecular formula is C11H13ClN4. The van der Waals surface area contributed by atoms with Crippen LogP contribution in [0.15, 0.2) is 18.5 Å². The minimum absolute atomic E-state index is 0.585. The van der Waals surface area contributed by atoms with Crippen LogP contribution in [0.5, 0.6) is 0 Å². The zero-order chi connectivity index (χ0) is 11.5. The molecule has 0 atom stereocenters. The molecule has 84 valence electrons. The molecule has 0 aliphatic heterocycles. The highest BCUT2D eigenvalue weighted by atomic mass is 35.5. The third-order valence-corrected chi connectivity index (χ3v) is 2.50. The van der Waals surface area contributed by atoms with Crippen LogP contribution in [0, 0.1) is 6.92 Å². The van der Waals surface area contributed by atoms with E-state index in [1.807, 2.05) is 19.1 Å². The van der Waals surface area contributed by atoms with E-state index < -0.39 is 0 Å². The van der Waals surface area contributed by atoms with Gasteiger partial charge in [0.05, 0.1) is 5.69 Å². The molecule has 0 radical (unpaired) electrons. The first-order valence-electron chi connectivity index (χ1n) is 5.24. The Bertz CT molecular complexity index is 492. The van der Waals surface area contributed by atoms with E-state index >= 15 is 0 Å². The van der Waals surface area contributed by atoms with Gasteiger partial charge in [0.1, 0.15) is 11.5 Å². The van der Waals surface area contributed by atoms with Gasteiger partial charge < -0.3 is 0 Å². The predicted octanol–water partition coefficient (Wildman–Crippen LogP) is 2.58. The molecule has 0 saturated heterocycles. The van der Waals surface area contributed by atoms with E-state index in [1.54, 1.807) is 4.68 Å². The fraction of sp³-hybridized carbons (Fsp3) is 0.364. The van der Waals surface area contributed by atoms with Crippen molar-refractivity contribution in [3.8, 4) is 5.82 Å². The number of hydrogen-bond acceptors (Lipinski definition) is 3. The van der Waals surface area contributed by atoms with Gasteiger partial charge in [-0.1, -0.05) is 24.9 Å². The monoisotopic (exact) mass is 236 g/mol. The van der Waals surface area contributed by atoms with Gasteiger partial charge in [-0.2, -0.15) is 5.10 Å². The summed E-state index contributed by atoms with van der Waals surface area (Å²) in [5.74, 6) is 0.708. The van der Waals surface area contributed by atoms with Crippen LogP contribution in [0.2, 0.25) is 5.15 Å². The summed E-state index contributed by atoms with van der Waals surface area (Å²) in [6.07, 6.45) is 3.50. The van der Waals surface area contributed by atoms with E-state index in [0.29, 0.717) is 11.0 Å². The van der Waals surface area contributed by atoms with Crippen LogP contribution < -0.4 is 0 Å². The van der Waals surface area contributed by atoms with Gasteiger partial charge in [0, 0.05) is 11.8 Å². The van der Waals surface area contributed by atoms with Crippen LogP contribution in [-0.4, -0.2) is 19.7 Å². The van der Waals surface area contributed by atoms with E-state index in [-0.39, 0.29) is 0 Å². The fourth-order valence-electron chi connectivity index (χ4n) is 1.50. The first kappa shape index (κ1) is 11.1. The molecule has 0 N–H and O–H groups in total. The van der Waals surface area contributed by atoms with Crippen molar-refractivity contribution in [3.63, 3.8) is 0 Å². The summed E-state index contributed by atoms with van der Waals surface area (Å²) in [6, 6.07) is 3.73. The standard InChI is InChI=1S/C11H13ClN4/c1-3-4-9-6-10(12)16(15-9)11-5-8(2)13-7-14-11/h5-7H,3-4H2,1-2H3. The summed E-state index contributed by atoms with van der Waals surface area (Å²) >= 11 is 6.11. The lowest BCUT2D eigenvalue weighted by atomic mass is 10.3. The third-order valence-electron chi connectivity index (χ3n) is 2.23. The molecule has 2 rings (SSSR count). The molecule has 0 aliphatic rings. The maximum atomic E-state index is 6.11. The van der Waals surface area contributed by atoms with Crippen LogP contribution in [0.3, 0.4) is 0 Å². The van der Waals surface area contributed by atoms with Gasteiger partial charge in [-0.3, -0.25) is 0 Å². The number of rotatable bonds is 3. The van der Waals surface area contributed by atoms with Crippen molar-refractivity contribution in [2.45, 2.75) is 26.7 Å². The summed E-state index contributed by atoms with van der Waals surface area (Å²) in [7, 11) is 0. The number of aromatic nitrogens is 4. The smallest absolute Gasteiger partial charge is 0.158 e. The molecule has 0 bridgehead atoms. The van der Waals surface area contributed by atoms with Crippen molar-refractivity contribution in [2.75, 3.05) is 0 Å². The normalized spacial score (nSPS) is 10.7. The highest BCUT2D eigenvalue weighted by molar-refractivity contribution is 6.29. The van der Waals surface area contributed by atoms with Crippen LogP contribution in [0.4, 0.5) is 0 Å². The maximum Gasteiger partial charge on any atom is 0.158 e. The molecule has 16 heavy (non-hydrogen) atoms. The first-order valence-corrected chi connectivity index (χ1v) is 5.62. The summed E-state index contributed by atoms with van der Waals surface area (Å²) in [5.41, 5.74) is 1.89. The maximum absolute atomic E-state index is 6.11. The first-order chi connectivity index (χ1) is 7.70.